The Hall–Kier alpha value is -0.620. The van der Waals surface area contributed by atoms with Crippen molar-refractivity contribution in [1.82, 2.24) is 0 Å². The second kappa shape index (κ2) is 5.96. The highest BCUT2D eigenvalue weighted by atomic mass is 16.1. The van der Waals surface area contributed by atoms with E-state index in [9.17, 15) is 4.79 Å². The summed E-state index contributed by atoms with van der Waals surface area (Å²) in [4.78, 5) is 14.2. The molecule has 0 aromatic heterocycles. The van der Waals surface area contributed by atoms with Crippen LogP contribution in [0.2, 0.25) is 0 Å². The van der Waals surface area contributed by atoms with Crippen molar-refractivity contribution in [2.45, 2.75) is 58.4 Å². The van der Waals surface area contributed by atoms with Crippen molar-refractivity contribution in [3.05, 3.63) is 0 Å². The lowest BCUT2D eigenvalue weighted by atomic mass is 9.87. The summed E-state index contributed by atoms with van der Waals surface area (Å²) >= 11 is 0. The van der Waals surface area contributed by atoms with Crippen LogP contribution in [0.3, 0.4) is 0 Å². The lowest BCUT2D eigenvalue weighted by Crippen LogP contribution is -2.24. The highest BCUT2D eigenvalue weighted by molar-refractivity contribution is 5.34. The molecule has 0 unspecified atom stereocenters. The first-order chi connectivity index (χ1) is 5.74. The Kier molecular flexibility index (Phi) is 5.65. The average molecular weight is 169 g/mol. The molecule has 0 aliphatic rings. The van der Waals surface area contributed by atoms with Crippen molar-refractivity contribution in [2.75, 3.05) is 0 Å². The van der Waals surface area contributed by atoms with Gasteiger partial charge in [-0.2, -0.15) is 4.99 Å². The Morgan fingerprint density at radius 1 is 1.17 bits per heavy atom. The van der Waals surface area contributed by atoms with Crippen LogP contribution in [0, 0.1) is 0 Å². The van der Waals surface area contributed by atoms with Crippen LogP contribution in [0.4, 0.5) is 0 Å². The minimum absolute atomic E-state index is 0.106. The van der Waals surface area contributed by atoms with E-state index in [1.165, 1.54) is 0 Å². The van der Waals surface area contributed by atoms with Crippen LogP contribution >= 0.6 is 0 Å². The number of aliphatic imine (C=N–C) groups is 1. The third-order valence-electron chi connectivity index (χ3n) is 2.37. The fourth-order valence-corrected chi connectivity index (χ4v) is 1.70. The Morgan fingerprint density at radius 3 is 1.92 bits per heavy atom. The minimum Gasteiger partial charge on any atom is -0.211 e. The van der Waals surface area contributed by atoms with Gasteiger partial charge in [0, 0.05) is 0 Å². The molecule has 0 fully saturated rings. The number of nitrogens with zero attached hydrogens (tertiary/aromatic N) is 1. The summed E-state index contributed by atoms with van der Waals surface area (Å²) in [5.74, 6) is 0. The third-order valence-corrected chi connectivity index (χ3v) is 2.37. The lowest BCUT2D eigenvalue weighted by Gasteiger charge is -2.25. The summed E-state index contributed by atoms with van der Waals surface area (Å²) < 4.78 is 0. The van der Waals surface area contributed by atoms with Crippen LogP contribution < -0.4 is 0 Å². The van der Waals surface area contributed by atoms with E-state index in [2.05, 4.69) is 25.8 Å². The molecule has 0 saturated heterocycles. The van der Waals surface area contributed by atoms with Gasteiger partial charge in [0.1, 0.15) is 0 Å². The quantitative estimate of drug-likeness (QED) is 0.444. The largest absolute Gasteiger partial charge is 0.235 e. The maximum atomic E-state index is 10.2. The number of carbonyl (C=O) groups excluding carboxylic acids is 1. The molecule has 0 amide bonds. The fourth-order valence-electron chi connectivity index (χ4n) is 1.70. The van der Waals surface area contributed by atoms with Crippen molar-refractivity contribution in [3.8, 4) is 0 Å². The molecule has 2 nitrogen and oxygen atoms in total. The topological polar surface area (TPSA) is 29.4 Å². The molecule has 0 saturated carbocycles. The van der Waals surface area contributed by atoms with E-state index in [0.29, 0.717) is 0 Å². The van der Waals surface area contributed by atoms with E-state index in [4.69, 9.17) is 0 Å². The Balaban J connectivity index is 4.37. The number of hydrogen-bond acceptors (Lipinski definition) is 2. The summed E-state index contributed by atoms with van der Waals surface area (Å²) in [6, 6.07) is 0. The number of isocyanates is 1. The van der Waals surface area contributed by atoms with E-state index in [0.717, 1.165) is 32.1 Å². The predicted molar refractivity (Wildman–Crippen MR) is 51.0 cm³/mol. The first kappa shape index (κ1) is 11.4. The standard InChI is InChI=1S/C10H19NO/c1-4-7-10(6-3,8-5-2)11-9-12/h4-8H2,1-3H3. The van der Waals surface area contributed by atoms with Gasteiger partial charge in [0.05, 0.1) is 5.54 Å². The SMILES string of the molecule is CCCC(CC)(CCC)N=C=O. The van der Waals surface area contributed by atoms with Crippen LogP contribution in [-0.2, 0) is 4.79 Å². The summed E-state index contributed by atoms with van der Waals surface area (Å²) in [6.07, 6.45) is 6.83. The maximum Gasteiger partial charge on any atom is 0.235 e. The van der Waals surface area contributed by atoms with Crippen molar-refractivity contribution in [2.24, 2.45) is 4.99 Å². The molecule has 0 spiro atoms. The highest BCUT2D eigenvalue weighted by Crippen LogP contribution is 2.27. The molecule has 0 aliphatic heterocycles. The van der Waals surface area contributed by atoms with Crippen molar-refractivity contribution < 1.29 is 4.79 Å². The summed E-state index contributed by atoms with van der Waals surface area (Å²) in [5, 5.41) is 0. The van der Waals surface area contributed by atoms with Gasteiger partial charge >= 0.3 is 0 Å². The molecule has 0 rings (SSSR count). The molecule has 0 heterocycles. The van der Waals surface area contributed by atoms with Gasteiger partial charge in [-0.15, -0.1) is 0 Å². The molecule has 0 radical (unpaired) electrons. The van der Waals surface area contributed by atoms with Crippen LogP contribution in [0.15, 0.2) is 4.99 Å². The molecule has 0 atom stereocenters. The minimum atomic E-state index is -0.106. The molecule has 70 valence electrons. The van der Waals surface area contributed by atoms with E-state index in [1.807, 2.05) is 0 Å². The van der Waals surface area contributed by atoms with Crippen molar-refractivity contribution >= 4 is 6.08 Å². The second-order valence-electron chi connectivity index (χ2n) is 3.28. The zero-order chi connectivity index (χ0) is 9.45. The summed E-state index contributed by atoms with van der Waals surface area (Å²) in [5.41, 5.74) is -0.106. The van der Waals surface area contributed by atoms with Crippen molar-refractivity contribution in [3.63, 3.8) is 0 Å². The normalized spacial score (nSPS) is 10.9. The molecule has 0 bridgehead atoms. The molecular formula is C10H19NO. The van der Waals surface area contributed by atoms with E-state index in [1.54, 1.807) is 6.08 Å². The van der Waals surface area contributed by atoms with Gasteiger partial charge in [-0.25, -0.2) is 4.79 Å². The third kappa shape index (κ3) is 3.19. The first-order valence-electron chi connectivity index (χ1n) is 4.83. The van der Waals surface area contributed by atoms with Crippen LogP contribution in [0.5, 0.6) is 0 Å². The first-order valence-corrected chi connectivity index (χ1v) is 4.83. The fraction of sp³-hybridized carbons (Fsp3) is 0.900. The zero-order valence-electron chi connectivity index (χ0n) is 8.39. The van der Waals surface area contributed by atoms with Gasteiger partial charge in [-0.3, -0.25) is 0 Å². The number of hydrogen-bond donors (Lipinski definition) is 0. The lowest BCUT2D eigenvalue weighted by molar-refractivity contribution is 0.347. The predicted octanol–water partition coefficient (Wildman–Crippen LogP) is 3.07. The van der Waals surface area contributed by atoms with Crippen LogP contribution in [0.25, 0.3) is 0 Å². The Morgan fingerprint density at radius 2 is 1.67 bits per heavy atom. The molecule has 0 aromatic carbocycles. The van der Waals surface area contributed by atoms with Gasteiger partial charge < -0.3 is 0 Å². The number of rotatable bonds is 6. The zero-order valence-corrected chi connectivity index (χ0v) is 8.39. The molecule has 0 N–H and O–H groups in total. The van der Waals surface area contributed by atoms with Gasteiger partial charge in [-0.1, -0.05) is 33.6 Å². The Labute approximate surface area is 75.1 Å². The molecule has 0 aliphatic carbocycles. The van der Waals surface area contributed by atoms with Crippen molar-refractivity contribution in [1.29, 1.82) is 0 Å². The van der Waals surface area contributed by atoms with E-state index < -0.39 is 0 Å². The molecular weight excluding hydrogens is 150 g/mol. The van der Waals surface area contributed by atoms with Gasteiger partial charge in [0.2, 0.25) is 6.08 Å². The molecule has 12 heavy (non-hydrogen) atoms. The van der Waals surface area contributed by atoms with Gasteiger partial charge in [0.25, 0.3) is 0 Å². The average Bonchev–Trinajstić information content (AvgIpc) is 2.06. The molecule has 2 heteroatoms. The van der Waals surface area contributed by atoms with E-state index in [-0.39, 0.29) is 5.54 Å². The van der Waals surface area contributed by atoms with Crippen LogP contribution in [-0.4, -0.2) is 11.6 Å². The second-order valence-corrected chi connectivity index (χ2v) is 3.28. The van der Waals surface area contributed by atoms with Crippen LogP contribution in [0.1, 0.15) is 52.9 Å². The Bertz CT molecular complexity index is 153. The van der Waals surface area contributed by atoms with E-state index >= 15 is 0 Å². The highest BCUT2D eigenvalue weighted by Gasteiger charge is 2.24. The summed E-state index contributed by atoms with van der Waals surface area (Å²) in [7, 11) is 0. The van der Waals surface area contributed by atoms with Gasteiger partial charge in [-0.05, 0) is 19.3 Å². The summed E-state index contributed by atoms with van der Waals surface area (Å²) in [6.45, 7) is 6.34. The maximum absolute atomic E-state index is 10.2. The monoisotopic (exact) mass is 169 g/mol. The smallest absolute Gasteiger partial charge is 0.211 e. The molecule has 0 aromatic rings. The van der Waals surface area contributed by atoms with Gasteiger partial charge in [0.15, 0.2) is 0 Å².